The minimum absolute atomic E-state index is 0.0437. The normalized spacial score (nSPS) is 15.7. The van der Waals surface area contributed by atoms with Gasteiger partial charge in [-0.3, -0.25) is 15.4 Å². The van der Waals surface area contributed by atoms with Crippen molar-refractivity contribution in [1.82, 2.24) is 5.32 Å². The molecule has 4 N–H and O–H groups in total. The maximum absolute atomic E-state index is 12.9. The van der Waals surface area contributed by atoms with Crippen molar-refractivity contribution in [2.24, 2.45) is 0 Å². The highest BCUT2D eigenvalue weighted by Gasteiger charge is 2.40. The first-order chi connectivity index (χ1) is 21.1. The summed E-state index contributed by atoms with van der Waals surface area (Å²) in [5.74, 6) is -0.173. The number of carbonyl (C=O) groups excluding carboxylic acids is 4. The third-order valence-electron chi connectivity index (χ3n) is 6.47. The van der Waals surface area contributed by atoms with Crippen LogP contribution in [0.15, 0.2) is 72.8 Å². The van der Waals surface area contributed by atoms with Crippen molar-refractivity contribution >= 4 is 41.2 Å². The van der Waals surface area contributed by atoms with Crippen LogP contribution in [0.25, 0.3) is 0 Å². The van der Waals surface area contributed by atoms with Gasteiger partial charge in [0.05, 0.1) is 11.4 Å². The van der Waals surface area contributed by atoms with Crippen LogP contribution in [0.5, 0.6) is 0 Å². The fourth-order valence-electron chi connectivity index (χ4n) is 4.36. The van der Waals surface area contributed by atoms with Gasteiger partial charge in [-0.2, -0.15) is 0 Å². The van der Waals surface area contributed by atoms with Crippen LogP contribution < -0.4 is 21.3 Å². The Hall–Kier alpha value is -5.06. The molecule has 0 radical (unpaired) electrons. The first-order valence-corrected chi connectivity index (χ1v) is 14.7. The van der Waals surface area contributed by atoms with Gasteiger partial charge in [0.2, 0.25) is 0 Å². The number of ether oxygens (including phenoxy) is 3. The molecular formula is C34H40N4O7. The molecule has 11 heteroatoms. The lowest BCUT2D eigenvalue weighted by Crippen LogP contribution is -2.34. The molecule has 0 saturated heterocycles. The number of anilines is 3. The third-order valence-corrected chi connectivity index (χ3v) is 6.47. The van der Waals surface area contributed by atoms with Crippen LogP contribution in [-0.2, 0) is 20.8 Å². The minimum Gasteiger partial charge on any atom is -0.444 e. The molecule has 1 saturated carbocycles. The second-order valence-corrected chi connectivity index (χ2v) is 12.7. The Morgan fingerprint density at radius 1 is 0.689 bits per heavy atom. The number of amides is 4. The highest BCUT2D eigenvalue weighted by atomic mass is 16.6. The summed E-state index contributed by atoms with van der Waals surface area (Å²) in [6, 6.07) is 20.8. The van der Waals surface area contributed by atoms with E-state index in [0.717, 1.165) is 17.5 Å². The summed E-state index contributed by atoms with van der Waals surface area (Å²) in [5.41, 5.74) is 2.30. The van der Waals surface area contributed by atoms with Crippen molar-refractivity contribution in [2.75, 3.05) is 16.0 Å². The molecule has 45 heavy (non-hydrogen) atoms. The van der Waals surface area contributed by atoms with Gasteiger partial charge < -0.3 is 24.8 Å². The zero-order valence-electron chi connectivity index (χ0n) is 26.4. The van der Waals surface area contributed by atoms with E-state index in [1.54, 1.807) is 69.3 Å². The zero-order valence-corrected chi connectivity index (χ0v) is 26.4. The highest BCUT2D eigenvalue weighted by molar-refractivity contribution is 6.07. The lowest BCUT2D eigenvalue weighted by Gasteiger charge is -2.20. The molecule has 0 aromatic heterocycles. The molecule has 0 heterocycles. The van der Waals surface area contributed by atoms with Crippen molar-refractivity contribution in [3.63, 3.8) is 0 Å². The predicted octanol–water partition coefficient (Wildman–Crippen LogP) is 7.42. The van der Waals surface area contributed by atoms with Gasteiger partial charge in [-0.15, -0.1) is 0 Å². The van der Waals surface area contributed by atoms with Crippen LogP contribution in [0.4, 0.5) is 31.4 Å². The fraction of sp³-hybridized carbons (Fsp3) is 0.353. The number of benzene rings is 3. The van der Waals surface area contributed by atoms with Crippen LogP contribution in [0, 0.1) is 0 Å². The van der Waals surface area contributed by atoms with E-state index < -0.39 is 35.4 Å². The first-order valence-electron chi connectivity index (χ1n) is 14.7. The summed E-state index contributed by atoms with van der Waals surface area (Å²) in [7, 11) is 0. The van der Waals surface area contributed by atoms with Crippen LogP contribution in [-0.4, -0.2) is 41.4 Å². The molecule has 4 amide bonds. The van der Waals surface area contributed by atoms with Crippen LogP contribution in [0.2, 0.25) is 0 Å². The average Bonchev–Trinajstić information content (AvgIpc) is 3.70. The number of carbonyl (C=O) groups is 4. The number of alkyl carbamates (subject to hydrolysis) is 1. The lowest BCUT2D eigenvalue weighted by atomic mass is 10.1. The molecule has 1 aliphatic carbocycles. The van der Waals surface area contributed by atoms with Crippen LogP contribution >= 0.6 is 0 Å². The van der Waals surface area contributed by atoms with Gasteiger partial charge in [0.15, 0.2) is 0 Å². The van der Waals surface area contributed by atoms with Crippen molar-refractivity contribution in [3.8, 4) is 0 Å². The van der Waals surface area contributed by atoms with Gasteiger partial charge in [0, 0.05) is 23.2 Å². The van der Waals surface area contributed by atoms with Gasteiger partial charge in [0.25, 0.3) is 5.91 Å². The Morgan fingerprint density at radius 3 is 1.87 bits per heavy atom. The second-order valence-electron chi connectivity index (χ2n) is 12.7. The smallest absolute Gasteiger partial charge is 0.412 e. The predicted molar refractivity (Wildman–Crippen MR) is 171 cm³/mol. The number of para-hydroxylation sites is 2. The van der Waals surface area contributed by atoms with E-state index >= 15 is 0 Å². The van der Waals surface area contributed by atoms with Gasteiger partial charge >= 0.3 is 18.3 Å². The van der Waals surface area contributed by atoms with Crippen molar-refractivity contribution in [1.29, 1.82) is 0 Å². The summed E-state index contributed by atoms with van der Waals surface area (Å²) in [6.07, 6.45) is -0.845. The fourth-order valence-corrected chi connectivity index (χ4v) is 4.36. The zero-order chi connectivity index (χ0) is 32.8. The summed E-state index contributed by atoms with van der Waals surface area (Å²) < 4.78 is 16.0. The monoisotopic (exact) mass is 616 g/mol. The molecule has 3 aromatic carbocycles. The molecular weight excluding hydrogens is 576 g/mol. The highest BCUT2D eigenvalue weighted by Crippen LogP contribution is 2.41. The maximum Gasteiger partial charge on any atom is 0.412 e. The Morgan fingerprint density at radius 2 is 1.27 bits per heavy atom. The molecule has 0 bridgehead atoms. The second kappa shape index (κ2) is 13.7. The molecule has 1 aliphatic rings. The van der Waals surface area contributed by atoms with E-state index in [2.05, 4.69) is 21.3 Å². The van der Waals surface area contributed by atoms with Gasteiger partial charge in [-0.1, -0.05) is 36.4 Å². The van der Waals surface area contributed by atoms with E-state index in [0.29, 0.717) is 22.6 Å². The minimum atomic E-state index is -0.666. The van der Waals surface area contributed by atoms with E-state index in [1.165, 1.54) is 0 Å². The average molecular weight is 617 g/mol. The van der Waals surface area contributed by atoms with Gasteiger partial charge in [-0.05, 0) is 95.5 Å². The Balaban J connectivity index is 1.22. The van der Waals surface area contributed by atoms with Crippen molar-refractivity contribution < 1.29 is 33.4 Å². The third kappa shape index (κ3) is 10.6. The topological polar surface area (TPSA) is 144 Å². The number of rotatable bonds is 8. The number of nitrogens with one attached hydrogen (secondary N) is 4. The Bertz CT molecular complexity index is 1520. The lowest BCUT2D eigenvalue weighted by molar-refractivity contribution is 0.0521. The molecule has 11 nitrogen and oxygen atoms in total. The van der Waals surface area contributed by atoms with E-state index in [1.807, 2.05) is 45.0 Å². The van der Waals surface area contributed by atoms with E-state index in [4.69, 9.17) is 14.2 Å². The molecule has 2 atom stereocenters. The van der Waals surface area contributed by atoms with Crippen molar-refractivity contribution in [2.45, 2.75) is 77.7 Å². The summed E-state index contributed by atoms with van der Waals surface area (Å²) in [4.78, 5) is 49.4. The molecule has 4 rings (SSSR count). The van der Waals surface area contributed by atoms with Crippen LogP contribution in [0.3, 0.4) is 0 Å². The summed E-state index contributed by atoms with van der Waals surface area (Å²) >= 11 is 0. The van der Waals surface area contributed by atoms with E-state index in [9.17, 15) is 19.2 Å². The van der Waals surface area contributed by atoms with Gasteiger partial charge in [-0.25, -0.2) is 14.4 Å². The molecule has 0 aliphatic heterocycles. The quantitative estimate of drug-likeness (QED) is 0.193. The SMILES string of the molecule is CC(C)(C)OC(=O)Nc1ccccc1NC(=O)c1ccc(NC(=O)OCc2ccc(C3C[C@@H]3NC(=O)OC(C)(C)C)cc2)cc1. The summed E-state index contributed by atoms with van der Waals surface area (Å²) in [5, 5.41) is 11.0. The molecule has 1 unspecified atom stereocenters. The Kier molecular flexibility index (Phi) is 10.0. The maximum atomic E-state index is 12.9. The molecule has 3 aromatic rings. The van der Waals surface area contributed by atoms with Crippen LogP contribution in [0.1, 0.15) is 75.4 Å². The molecule has 1 fully saturated rings. The summed E-state index contributed by atoms with van der Waals surface area (Å²) in [6.45, 7) is 10.8. The molecule has 0 spiro atoms. The van der Waals surface area contributed by atoms with Gasteiger partial charge in [0.1, 0.15) is 17.8 Å². The number of hydrogen-bond donors (Lipinski definition) is 4. The Labute approximate surface area is 263 Å². The largest absolute Gasteiger partial charge is 0.444 e. The number of hydrogen-bond acceptors (Lipinski definition) is 7. The molecule has 238 valence electrons. The first kappa shape index (κ1) is 32.8. The van der Waals surface area contributed by atoms with Crippen molar-refractivity contribution in [3.05, 3.63) is 89.5 Å². The standard InChI is InChI=1S/C34H40N4O7/c1-33(2,3)44-31(41)37-27-10-8-7-9-26(27)36-29(39)23-15-17-24(18-16-23)35-30(40)43-20-21-11-13-22(14-12-21)25-19-28(25)38-32(42)45-34(4,5)6/h7-18,25,28H,19-20H2,1-6H3,(H,35,40)(H,36,39)(H,37,41)(H,38,42)/t25?,28-/m0/s1. The van der Waals surface area contributed by atoms with E-state index in [-0.39, 0.29) is 18.6 Å².